The summed E-state index contributed by atoms with van der Waals surface area (Å²) >= 11 is 0. The Kier molecular flexibility index (Phi) is 8.10. The van der Waals surface area contributed by atoms with Gasteiger partial charge in [0.2, 0.25) is 10.0 Å². The van der Waals surface area contributed by atoms with Crippen molar-refractivity contribution in [2.75, 3.05) is 46.3 Å². The largest absolute Gasteiger partial charge is 0.355 e. The maximum absolute atomic E-state index is 12.1. The first-order chi connectivity index (χ1) is 12.1. The number of likely N-dealkylation sites (tertiary alicyclic amines) is 1. The summed E-state index contributed by atoms with van der Waals surface area (Å²) in [5.41, 5.74) is 0. The summed E-state index contributed by atoms with van der Waals surface area (Å²) in [6.45, 7) is 4.87. The van der Waals surface area contributed by atoms with Gasteiger partial charge in [-0.15, -0.1) is 0 Å². The zero-order valence-electron chi connectivity index (χ0n) is 14.7. The van der Waals surface area contributed by atoms with Gasteiger partial charge in [0, 0.05) is 45.6 Å². The van der Waals surface area contributed by atoms with Gasteiger partial charge < -0.3 is 15.5 Å². The Bertz CT molecular complexity index is 629. The summed E-state index contributed by atoms with van der Waals surface area (Å²) in [6.07, 6.45) is 6.77. The monoisotopic (exact) mass is 368 g/mol. The van der Waals surface area contributed by atoms with Crippen LogP contribution in [0.4, 0.5) is 0 Å². The summed E-state index contributed by atoms with van der Waals surface area (Å²) in [6, 6.07) is 3.12. The second kappa shape index (κ2) is 10.3. The summed E-state index contributed by atoms with van der Waals surface area (Å²) in [5, 5.41) is 6.37. The molecule has 9 heteroatoms. The Labute approximate surface area is 150 Å². The maximum atomic E-state index is 12.1. The highest BCUT2D eigenvalue weighted by atomic mass is 32.2. The van der Waals surface area contributed by atoms with Gasteiger partial charge in [-0.1, -0.05) is 6.42 Å². The van der Waals surface area contributed by atoms with E-state index in [2.05, 4.69) is 30.2 Å². The standard InChI is InChI=1S/C16H28N6O2S/c1-17-16(20-10-13-22-11-3-2-4-12-22)19-8-9-21-25(23,24)15-6-5-7-18-14-15/h5-7,14,21H,2-4,8-13H2,1H3,(H2,17,19,20). The van der Waals surface area contributed by atoms with Crippen molar-refractivity contribution in [2.45, 2.75) is 24.2 Å². The zero-order valence-corrected chi connectivity index (χ0v) is 15.6. The van der Waals surface area contributed by atoms with Crippen molar-refractivity contribution in [3.63, 3.8) is 0 Å². The van der Waals surface area contributed by atoms with Gasteiger partial charge in [-0.05, 0) is 38.1 Å². The number of rotatable bonds is 8. The smallest absolute Gasteiger partial charge is 0.242 e. The molecule has 1 aliphatic heterocycles. The maximum Gasteiger partial charge on any atom is 0.242 e. The molecule has 0 aromatic carbocycles. The van der Waals surface area contributed by atoms with Crippen molar-refractivity contribution in [1.29, 1.82) is 0 Å². The SMILES string of the molecule is CN=C(NCCNS(=O)(=O)c1cccnc1)NCCN1CCCCC1. The Morgan fingerprint density at radius 3 is 2.64 bits per heavy atom. The van der Waals surface area contributed by atoms with E-state index in [-0.39, 0.29) is 11.4 Å². The van der Waals surface area contributed by atoms with Crippen LogP contribution in [0.5, 0.6) is 0 Å². The third-order valence-electron chi connectivity index (χ3n) is 4.05. The minimum atomic E-state index is -3.52. The average molecular weight is 369 g/mol. The fourth-order valence-corrected chi connectivity index (χ4v) is 3.69. The molecule has 0 radical (unpaired) electrons. The molecule has 8 nitrogen and oxygen atoms in total. The number of aliphatic imine (C=N–C) groups is 1. The van der Waals surface area contributed by atoms with Crippen molar-refractivity contribution in [3.05, 3.63) is 24.5 Å². The van der Waals surface area contributed by atoms with Gasteiger partial charge >= 0.3 is 0 Å². The Morgan fingerprint density at radius 2 is 1.96 bits per heavy atom. The number of hydrogen-bond acceptors (Lipinski definition) is 5. The summed E-state index contributed by atoms with van der Waals surface area (Å²) in [7, 11) is -1.81. The molecule has 1 fully saturated rings. The van der Waals surface area contributed by atoms with E-state index in [9.17, 15) is 8.42 Å². The van der Waals surface area contributed by atoms with Crippen LogP contribution in [-0.4, -0.2) is 70.6 Å². The molecule has 3 N–H and O–H groups in total. The van der Waals surface area contributed by atoms with Gasteiger partial charge in [0.05, 0.1) is 0 Å². The molecule has 1 saturated heterocycles. The number of piperidine rings is 1. The topological polar surface area (TPSA) is 98.7 Å². The van der Waals surface area contributed by atoms with E-state index < -0.39 is 10.0 Å². The van der Waals surface area contributed by atoms with E-state index in [1.165, 1.54) is 44.6 Å². The van der Waals surface area contributed by atoms with Crippen LogP contribution in [0, 0.1) is 0 Å². The minimum Gasteiger partial charge on any atom is -0.355 e. The third-order valence-corrected chi connectivity index (χ3v) is 5.49. The highest BCUT2D eigenvalue weighted by Crippen LogP contribution is 2.07. The van der Waals surface area contributed by atoms with Crippen molar-refractivity contribution in [3.8, 4) is 0 Å². The summed E-state index contributed by atoms with van der Waals surface area (Å²) < 4.78 is 26.7. The van der Waals surface area contributed by atoms with Crippen LogP contribution >= 0.6 is 0 Å². The first-order valence-corrected chi connectivity index (χ1v) is 10.2. The second-order valence-electron chi connectivity index (χ2n) is 5.91. The Balaban J connectivity index is 1.64. The van der Waals surface area contributed by atoms with E-state index in [0.717, 1.165) is 13.1 Å². The van der Waals surface area contributed by atoms with E-state index in [1.807, 2.05) is 0 Å². The molecule has 1 aromatic rings. The Hall–Kier alpha value is -1.71. The average Bonchev–Trinajstić information content (AvgIpc) is 2.65. The summed E-state index contributed by atoms with van der Waals surface area (Å²) in [5.74, 6) is 0.678. The van der Waals surface area contributed by atoms with E-state index >= 15 is 0 Å². The Morgan fingerprint density at radius 1 is 1.20 bits per heavy atom. The fraction of sp³-hybridized carbons (Fsp3) is 0.625. The normalized spacial score (nSPS) is 16.6. The molecule has 140 valence electrons. The molecule has 0 bridgehead atoms. The lowest BCUT2D eigenvalue weighted by atomic mass is 10.1. The molecule has 2 heterocycles. The van der Waals surface area contributed by atoms with Crippen molar-refractivity contribution < 1.29 is 8.42 Å². The predicted octanol–water partition coefficient (Wildman–Crippen LogP) is 0.0108. The number of hydrogen-bond donors (Lipinski definition) is 3. The quantitative estimate of drug-likeness (QED) is 0.340. The minimum absolute atomic E-state index is 0.166. The first kappa shape index (κ1) is 19.6. The van der Waals surface area contributed by atoms with Crippen LogP contribution in [0.3, 0.4) is 0 Å². The number of nitrogens with zero attached hydrogens (tertiary/aromatic N) is 3. The van der Waals surface area contributed by atoms with Gasteiger partial charge in [-0.3, -0.25) is 9.98 Å². The van der Waals surface area contributed by atoms with E-state index in [0.29, 0.717) is 12.5 Å². The lowest BCUT2D eigenvalue weighted by Gasteiger charge is -2.26. The van der Waals surface area contributed by atoms with Crippen LogP contribution < -0.4 is 15.4 Å². The van der Waals surface area contributed by atoms with E-state index in [4.69, 9.17) is 0 Å². The van der Waals surface area contributed by atoms with Gasteiger partial charge in [0.1, 0.15) is 4.90 Å². The van der Waals surface area contributed by atoms with Crippen molar-refractivity contribution >= 4 is 16.0 Å². The number of guanidine groups is 1. The van der Waals surface area contributed by atoms with Gasteiger partial charge in [0.15, 0.2) is 5.96 Å². The molecular formula is C16H28N6O2S. The van der Waals surface area contributed by atoms with Crippen LogP contribution in [0.2, 0.25) is 0 Å². The molecule has 0 atom stereocenters. The molecule has 2 rings (SSSR count). The van der Waals surface area contributed by atoms with E-state index in [1.54, 1.807) is 19.3 Å². The number of pyridine rings is 1. The molecule has 0 aliphatic carbocycles. The van der Waals surface area contributed by atoms with Gasteiger partial charge in [-0.25, -0.2) is 13.1 Å². The predicted molar refractivity (Wildman–Crippen MR) is 99.1 cm³/mol. The highest BCUT2D eigenvalue weighted by molar-refractivity contribution is 7.89. The first-order valence-electron chi connectivity index (χ1n) is 8.68. The molecule has 0 unspecified atom stereocenters. The zero-order chi connectivity index (χ0) is 18.0. The van der Waals surface area contributed by atoms with Crippen LogP contribution in [0.25, 0.3) is 0 Å². The van der Waals surface area contributed by atoms with Crippen LogP contribution in [0.15, 0.2) is 34.4 Å². The lowest BCUT2D eigenvalue weighted by molar-refractivity contribution is 0.232. The number of sulfonamides is 1. The molecule has 1 aromatic heterocycles. The van der Waals surface area contributed by atoms with Crippen molar-refractivity contribution in [2.24, 2.45) is 4.99 Å². The molecule has 0 spiro atoms. The molecule has 0 amide bonds. The fourth-order valence-electron chi connectivity index (χ4n) is 2.69. The molecule has 1 aliphatic rings. The molecule has 25 heavy (non-hydrogen) atoms. The third kappa shape index (κ3) is 6.97. The summed E-state index contributed by atoms with van der Waals surface area (Å²) in [4.78, 5) is 10.6. The van der Waals surface area contributed by atoms with Crippen LogP contribution in [0.1, 0.15) is 19.3 Å². The molecule has 0 saturated carbocycles. The lowest BCUT2D eigenvalue weighted by Crippen LogP contribution is -2.44. The van der Waals surface area contributed by atoms with Crippen LogP contribution in [-0.2, 0) is 10.0 Å². The molecular weight excluding hydrogens is 340 g/mol. The number of nitrogens with one attached hydrogen (secondary N) is 3. The second-order valence-corrected chi connectivity index (χ2v) is 7.68. The van der Waals surface area contributed by atoms with Gasteiger partial charge in [-0.2, -0.15) is 0 Å². The van der Waals surface area contributed by atoms with Crippen molar-refractivity contribution in [1.82, 2.24) is 25.2 Å². The number of aromatic nitrogens is 1. The highest BCUT2D eigenvalue weighted by Gasteiger charge is 2.13. The van der Waals surface area contributed by atoms with Gasteiger partial charge in [0.25, 0.3) is 0 Å².